The molecule has 1 fully saturated rings. The molecule has 1 atom stereocenters. The van der Waals surface area contributed by atoms with Gasteiger partial charge in [-0.05, 0) is 47.3 Å². The first-order valence-electron chi connectivity index (χ1n) is 9.34. The van der Waals surface area contributed by atoms with E-state index in [2.05, 4.69) is 10.3 Å². The summed E-state index contributed by atoms with van der Waals surface area (Å²) in [6.07, 6.45) is 1.96. The zero-order valence-corrected chi connectivity index (χ0v) is 16.8. The molecule has 6 nitrogen and oxygen atoms in total. The third-order valence-corrected chi connectivity index (χ3v) is 5.70. The molecule has 0 aliphatic carbocycles. The second-order valence-electron chi connectivity index (χ2n) is 6.84. The second kappa shape index (κ2) is 8.45. The number of thiophene rings is 1. The highest BCUT2D eigenvalue weighted by Gasteiger charge is 2.35. The quantitative estimate of drug-likeness (QED) is 0.679. The number of carbonyl (C=O) groups is 2. The van der Waals surface area contributed by atoms with Crippen LogP contribution >= 0.6 is 11.3 Å². The van der Waals surface area contributed by atoms with Gasteiger partial charge < -0.3 is 15.0 Å². The van der Waals surface area contributed by atoms with Crippen LogP contribution in [0, 0.1) is 5.92 Å². The van der Waals surface area contributed by atoms with Crippen molar-refractivity contribution in [1.29, 1.82) is 0 Å². The summed E-state index contributed by atoms with van der Waals surface area (Å²) in [4.78, 5) is 31.3. The predicted octanol–water partition coefficient (Wildman–Crippen LogP) is 3.49. The maximum Gasteiger partial charge on any atom is 0.227 e. The van der Waals surface area contributed by atoms with Gasteiger partial charge in [0.1, 0.15) is 5.75 Å². The molecule has 4 rings (SSSR count). The fraction of sp³-hybridized carbons (Fsp3) is 0.227. The Bertz CT molecular complexity index is 1000. The van der Waals surface area contributed by atoms with E-state index in [-0.39, 0.29) is 24.2 Å². The number of amides is 2. The number of nitrogens with one attached hydrogen (secondary N) is 1. The van der Waals surface area contributed by atoms with Crippen molar-refractivity contribution < 1.29 is 14.3 Å². The summed E-state index contributed by atoms with van der Waals surface area (Å²) in [5, 5.41) is 7.02. The maximum absolute atomic E-state index is 12.7. The van der Waals surface area contributed by atoms with Crippen molar-refractivity contribution >= 4 is 28.8 Å². The summed E-state index contributed by atoms with van der Waals surface area (Å²) in [7, 11) is 1.60. The van der Waals surface area contributed by atoms with E-state index in [0.717, 1.165) is 28.3 Å². The Morgan fingerprint density at radius 1 is 1.28 bits per heavy atom. The van der Waals surface area contributed by atoms with Gasteiger partial charge in [0.2, 0.25) is 11.8 Å². The van der Waals surface area contributed by atoms with E-state index in [1.165, 1.54) is 0 Å². The highest BCUT2D eigenvalue weighted by atomic mass is 32.1. The van der Waals surface area contributed by atoms with Crippen molar-refractivity contribution in [2.24, 2.45) is 5.92 Å². The molecule has 1 saturated heterocycles. The van der Waals surface area contributed by atoms with E-state index in [1.807, 2.05) is 53.2 Å². The van der Waals surface area contributed by atoms with Gasteiger partial charge in [-0.2, -0.15) is 11.3 Å². The average Bonchev–Trinajstić information content (AvgIpc) is 3.42. The maximum atomic E-state index is 12.7. The Kier molecular flexibility index (Phi) is 5.57. The first-order valence-corrected chi connectivity index (χ1v) is 10.3. The van der Waals surface area contributed by atoms with E-state index >= 15 is 0 Å². The van der Waals surface area contributed by atoms with E-state index in [0.29, 0.717) is 13.1 Å². The van der Waals surface area contributed by atoms with Crippen LogP contribution in [0.5, 0.6) is 5.75 Å². The number of methoxy groups -OCH3 is 1. The first-order chi connectivity index (χ1) is 14.2. The Balaban J connectivity index is 1.40. The van der Waals surface area contributed by atoms with E-state index < -0.39 is 0 Å². The van der Waals surface area contributed by atoms with Gasteiger partial charge in [0, 0.05) is 42.3 Å². The molecule has 7 heteroatoms. The van der Waals surface area contributed by atoms with Crippen molar-refractivity contribution in [1.82, 2.24) is 10.3 Å². The molecule has 1 aliphatic rings. The number of hydrogen-bond donors (Lipinski definition) is 1. The minimum absolute atomic E-state index is 0.0457. The van der Waals surface area contributed by atoms with Crippen LogP contribution in [0.25, 0.3) is 11.3 Å². The largest absolute Gasteiger partial charge is 0.497 e. The molecular formula is C22H21N3O3S. The Morgan fingerprint density at radius 2 is 2.10 bits per heavy atom. The molecule has 0 radical (unpaired) electrons. The summed E-state index contributed by atoms with van der Waals surface area (Å²) >= 11 is 1.61. The Labute approximate surface area is 173 Å². The molecule has 0 saturated carbocycles. The average molecular weight is 407 g/mol. The predicted molar refractivity (Wildman–Crippen MR) is 113 cm³/mol. The molecule has 2 aromatic heterocycles. The van der Waals surface area contributed by atoms with Crippen LogP contribution in [-0.4, -0.2) is 30.5 Å². The van der Waals surface area contributed by atoms with E-state index in [4.69, 9.17) is 4.74 Å². The van der Waals surface area contributed by atoms with Crippen LogP contribution in [0.2, 0.25) is 0 Å². The lowest BCUT2D eigenvalue weighted by atomic mass is 10.1. The first kappa shape index (κ1) is 19.1. The number of hydrogen-bond acceptors (Lipinski definition) is 5. The Hall–Kier alpha value is -3.19. The molecule has 0 bridgehead atoms. The van der Waals surface area contributed by atoms with Crippen LogP contribution in [-0.2, 0) is 16.1 Å². The van der Waals surface area contributed by atoms with Crippen LogP contribution in [0.3, 0.4) is 0 Å². The van der Waals surface area contributed by atoms with Gasteiger partial charge in [-0.1, -0.05) is 6.07 Å². The lowest BCUT2D eigenvalue weighted by Gasteiger charge is -2.17. The highest BCUT2D eigenvalue weighted by Crippen LogP contribution is 2.27. The fourth-order valence-corrected chi connectivity index (χ4v) is 4.10. The fourth-order valence-electron chi connectivity index (χ4n) is 3.46. The topological polar surface area (TPSA) is 71.5 Å². The number of anilines is 1. The molecule has 3 aromatic rings. The number of rotatable bonds is 6. The van der Waals surface area contributed by atoms with E-state index in [9.17, 15) is 9.59 Å². The summed E-state index contributed by atoms with van der Waals surface area (Å²) in [5.74, 6) is 0.198. The van der Waals surface area contributed by atoms with Crippen molar-refractivity contribution in [2.75, 3.05) is 18.6 Å². The SMILES string of the molecule is COc1ccc(N2CC(C(=O)NCc3cccnc3-c3ccsc3)CC2=O)cc1. The normalized spacial score (nSPS) is 16.1. The van der Waals surface area contributed by atoms with Crippen LogP contribution < -0.4 is 15.0 Å². The van der Waals surface area contributed by atoms with Crippen LogP contribution in [0.4, 0.5) is 5.69 Å². The molecule has 2 amide bonds. The molecule has 1 N–H and O–H groups in total. The van der Waals surface area contributed by atoms with Crippen molar-refractivity contribution in [3.8, 4) is 17.0 Å². The number of benzene rings is 1. The van der Waals surface area contributed by atoms with E-state index in [1.54, 1.807) is 29.5 Å². The number of aromatic nitrogens is 1. The standard InChI is InChI=1S/C22H21N3O3S/c1-28-19-6-4-18(5-7-19)25-13-17(11-20(25)26)22(27)24-12-15-3-2-9-23-21(15)16-8-10-29-14-16/h2-10,14,17H,11-13H2,1H3,(H,24,27). The lowest BCUT2D eigenvalue weighted by molar-refractivity contribution is -0.126. The number of pyridine rings is 1. The number of carbonyl (C=O) groups excluding carboxylic acids is 2. The van der Waals surface area contributed by atoms with Gasteiger partial charge in [-0.3, -0.25) is 14.6 Å². The minimum Gasteiger partial charge on any atom is -0.497 e. The number of nitrogens with zero attached hydrogens (tertiary/aromatic N) is 2. The molecule has 1 aliphatic heterocycles. The number of ether oxygens (including phenoxy) is 1. The Morgan fingerprint density at radius 3 is 2.83 bits per heavy atom. The third kappa shape index (κ3) is 4.14. The van der Waals surface area contributed by atoms with Crippen molar-refractivity contribution in [3.05, 3.63) is 65.0 Å². The summed E-state index contributed by atoms with van der Waals surface area (Å²) in [6.45, 7) is 0.756. The molecule has 1 unspecified atom stereocenters. The van der Waals surface area contributed by atoms with Gasteiger partial charge in [0.15, 0.2) is 0 Å². The van der Waals surface area contributed by atoms with Gasteiger partial charge >= 0.3 is 0 Å². The molecule has 0 spiro atoms. The van der Waals surface area contributed by atoms with Crippen molar-refractivity contribution in [3.63, 3.8) is 0 Å². The van der Waals surface area contributed by atoms with Crippen molar-refractivity contribution in [2.45, 2.75) is 13.0 Å². The molecular weight excluding hydrogens is 386 g/mol. The van der Waals surface area contributed by atoms with Gasteiger partial charge in [-0.25, -0.2) is 0 Å². The summed E-state index contributed by atoms with van der Waals surface area (Å²) in [6, 6.07) is 13.1. The summed E-state index contributed by atoms with van der Waals surface area (Å²) < 4.78 is 5.16. The molecule has 29 heavy (non-hydrogen) atoms. The smallest absolute Gasteiger partial charge is 0.227 e. The lowest BCUT2D eigenvalue weighted by Crippen LogP contribution is -2.32. The van der Waals surface area contributed by atoms with Crippen LogP contribution in [0.1, 0.15) is 12.0 Å². The highest BCUT2D eigenvalue weighted by molar-refractivity contribution is 7.08. The zero-order chi connectivity index (χ0) is 20.2. The third-order valence-electron chi connectivity index (χ3n) is 5.02. The zero-order valence-electron chi connectivity index (χ0n) is 16.0. The second-order valence-corrected chi connectivity index (χ2v) is 7.62. The molecule has 1 aromatic carbocycles. The monoisotopic (exact) mass is 407 g/mol. The minimum atomic E-state index is -0.370. The van der Waals surface area contributed by atoms with Gasteiger partial charge in [0.05, 0.1) is 18.7 Å². The van der Waals surface area contributed by atoms with Gasteiger partial charge in [0.25, 0.3) is 0 Å². The van der Waals surface area contributed by atoms with Gasteiger partial charge in [-0.15, -0.1) is 0 Å². The summed E-state index contributed by atoms with van der Waals surface area (Å²) in [5.41, 5.74) is 3.65. The molecule has 148 valence electrons. The van der Waals surface area contributed by atoms with Crippen LogP contribution in [0.15, 0.2) is 59.4 Å². The molecule has 3 heterocycles.